The van der Waals surface area contributed by atoms with Gasteiger partial charge in [0.25, 0.3) is 5.92 Å². The fourth-order valence-electron chi connectivity index (χ4n) is 2.53. The molecule has 1 aromatic carbocycles. The van der Waals surface area contributed by atoms with E-state index in [4.69, 9.17) is 0 Å². The van der Waals surface area contributed by atoms with Crippen molar-refractivity contribution >= 4 is 15.8 Å². The topological polar surface area (TPSA) is 57.7 Å². The predicted octanol–water partition coefficient (Wildman–Crippen LogP) is 1.85. The molecule has 5 nitrogen and oxygen atoms in total. The maximum absolute atomic E-state index is 13.0. The second kappa shape index (κ2) is 6.62. The lowest BCUT2D eigenvalue weighted by molar-refractivity contribution is -0.0208. The van der Waals surface area contributed by atoms with Crippen LogP contribution in [-0.4, -0.2) is 62.1 Å². The largest absolute Gasteiger partial charge is 0.295 e. The standard InChI is InChI=1S/C15H20F2N2O3S/c1-12(20)13-3-5-14(6-4-13)23(21,22)19-9-7-18(8-10-19)11-15(2,16)17/h3-6H,7-11H2,1-2H3. The van der Waals surface area contributed by atoms with Crippen molar-refractivity contribution in [2.45, 2.75) is 24.7 Å². The monoisotopic (exact) mass is 346 g/mol. The summed E-state index contributed by atoms with van der Waals surface area (Å²) in [4.78, 5) is 12.9. The van der Waals surface area contributed by atoms with Gasteiger partial charge in [-0.1, -0.05) is 12.1 Å². The van der Waals surface area contributed by atoms with Crippen molar-refractivity contribution in [1.29, 1.82) is 0 Å². The molecule has 0 unspecified atom stereocenters. The predicted molar refractivity (Wildman–Crippen MR) is 82.3 cm³/mol. The first kappa shape index (κ1) is 18.0. The number of ketones is 1. The van der Waals surface area contributed by atoms with E-state index in [0.717, 1.165) is 6.92 Å². The van der Waals surface area contributed by atoms with E-state index in [1.165, 1.54) is 35.5 Å². The molecule has 0 aliphatic carbocycles. The maximum atomic E-state index is 13.0. The summed E-state index contributed by atoms with van der Waals surface area (Å²) in [5, 5.41) is 0. The summed E-state index contributed by atoms with van der Waals surface area (Å²) in [6.07, 6.45) is 0. The molecule has 0 N–H and O–H groups in total. The number of sulfonamides is 1. The molecule has 1 heterocycles. The van der Waals surface area contributed by atoms with E-state index in [1.807, 2.05) is 0 Å². The highest BCUT2D eigenvalue weighted by Gasteiger charge is 2.32. The third-order valence-electron chi connectivity index (χ3n) is 3.73. The molecule has 1 saturated heterocycles. The van der Waals surface area contributed by atoms with E-state index in [1.54, 1.807) is 4.90 Å². The number of rotatable bonds is 5. The number of hydrogen-bond acceptors (Lipinski definition) is 4. The normalized spacial score (nSPS) is 18.1. The third kappa shape index (κ3) is 4.55. The molecule has 0 atom stereocenters. The Bertz CT molecular complexity index is 661. The van der Waals surface area contributed by atoms with Crippen molar-refractivity contribution < 1.29 is 22.0 Å². The first-order valence-electron chi connectivity index (χ1n) is 7.31. The lowest BCUT2D eigenvalue weighted by Gasteiger charge is -2.35. The Morgan fingerprint density at radius 1 is 1.13 bits per heavy atom. The van der Waals surface area contributed by atoms with E-state index < -0.39 is 15.9 Å². The van der Waals surface area contributed by atoms with Crippen LogP contribution in [0.25, 0.3) is 0 Å². The van der Waals surface area contributed by atoms with Crippen LogP contribution in [0.1, 0.15) is 24.2 Å². The molecular formula is C15H20F2N2O3S. The third-order valence-corrected chi connectivity index (χ3v) is 5.64. The molecule has 0 spiro atoms. The van der Waals surface area contributed by atoms with E-state index in [-0.39, 0.29) is 43.4 Å². The highest BCUT2D eigenvalue weighted by atomic mass is 32.2. The van der Waals surface area contributed by atoms with Gasteiger partial charge in [0.05, 0.1) is 11.4 Å². The minimum absolute atomic E-state index is 0.108. The summed E-state index contributed by atoms with van der Waals surface area (Å²) in [6.45, 7) is 2.79. The summed E-state index contributed by atoms with van der Waals surface area (Å²) < 4.78 is 52.4. The van der Waals surface area contributed by atoms with Crippen LogP contribution >= 0.6 is 0 Å². The number of halogens is 2. The Morgan fingerprint density at radius 3 is 2.09 bits per heavy atom. The molecule has 128 valence electrons. The zero-order valence-corrected chi connectivity index (χ0v) is 13.9. The fourth-order valence-corrected chi connectivity index (χ4v) is 3.95. The SMILES string of the molecule is CC(=O)c1ccc(S(=O)(=O)N2CCN(CC(C)(F)F)CC2)cc1. The van der Waals surface area contributed by atoms with Crippen LogP contribution in [0.15, 0.2) is 29.2 Å². The molecular weight excluding hydrogens is 326 g/mol. The van der Waals surface area contributed by atoms with Gasteiger partial charge in [0, 0.05) is 38.7 Å². The van der Waals surface area contributed by atoms with Crippen LogP contribution < -0.4 is 0 Å². The van der Waals surface area contributed by atoms with Crippen molar-refractivity contribution in [3.05, 3.63) is 29.8 Å². The second-order valence-electron chi connectivity index (χ2n) is 5.83. The lowest BCUT2D eigenvalue weighted by Crippen LogP contribution is -2.50. The smallest absolute Gasteiger partial charge is 0.257 e. The van der Waals surface area contributed by atoms with Crippen LogP contribution in [0, 0.1) is 0 Å². The molecule has 0 radical (unpaired) electrons. The second-order valence-corrected chi connectivity index (χ2v) is 7.77. The average Bonchev–Trinajstić information content (AvgIpc) is 2.46. The summed E-state index contributed by atoms with van der Waals surface area (Å²) in [7, 11) is -3.66. The zero-order valence-electron chi connectivity index (χ0n) is 13.1. The molecule has 1 aliphatic heterocycles. The number of nitrogens with zero attached hydrogens (tertiary/aromatic N) is 2. The minimum Gasteiger partial charge on any atom is -0.295 e. The number of Topliss-reactive ketones (excluding diaryl/α,β-unsaturated/α-hetero) is 1. The molecule has 1 fully saturated rings. The first-order valence-corrected chi connectivity index (χ1v) is 8.75. The van der Waals surface area contributed by atoms with E-state index >= 15 is 0 Å². The van der Waals surface area contributed by atoms with Gasteiger partial charge >= 0.3 is 0 Å². The van der Waals surface area contributed by atoms with Crippen molar-refractivity contribution in [3.63, 3.8) is 0 Å². The van der Waals surface area contributed by atoms with Gasteiger partial charge in [-0.2, -0.15) is 4.31 Å². The summed E-state index contributed by atoms with van der Waals surface area (Å²) >= 11 is 0. The highest BCUT2D eigenvalue weighted by molar-refractivity contribution is 7.89. The van der Waals surface area contributed by atoms with Crippen LogP contribution in [-0.2, 0) is 10.0 Å². The lowest BCUT2D eigenvalue weighted by atomic mass is 10.2. The maximum Gasteiger partial charge on any atom is 0.257 e. The molecule has 23 heavy (non-hydrogen) atoms. The number of hydrogen-bond donors (Lipinski definition) is 0. The fraction of sp³-hybridized carbons (Fsp3) is 0.533. The van der Waals surface area contributed by atoms with Crippen LogP contribution in [0.5, 0.6) is 0 Å². The average molecular weight is 346 g/mol. The summed E-state index contributed by atoms with van der Waals surface area (Å²) in [5.74, 6) is -2.92. The number of alkyl halides is 2. The Balaban J connectivity index is 2.05. The van der Waals surface area contributed by atoms with Gasteiger partial charge < -0.3 is 0 Å². The van der Waals surface area contributed by atoms with Gasteiger partial charge in [-0.25, -0.2) is 17.2 Å². The van der Waals surface area contributed by atoms with Crippen molar-refractivity contribution in [3.8, 4) is 0 Å². The highest BCUT2D eigenvalue weighted by Crippen LogP contribution is 2.20. The van der Waals surface area contributed by atoms with E-state index in [9.17, 15) is 22.0 Å². The minimum atomic E-state index is -3.66. The van der Waals surface area contributed by atoms with Crippen LogP contribution in [0.4, 0.5) is 8.78 Å². The van der Waals surface area contributed by atoms with Gasteiger partial charge in [-0.05, 0) is 19.1 Å². The number of benzene rings is 1. The van der Waals surface area contributed by atoms with Crippen LogP contribution in [0.3, 0.4) is 0 Å². The Labute approximate surface area is 134 Å². The van der Waals surface area contributed by atoms with E-state index in [2.05, 4.69) is 0 Å². The zero-order chi connectivity index (χ0) is 17.3. The molecule has 1 aliphatic rings. The Hall–Kier alpha value is -1.38. The Morgan fingerprint density at radius 2 is 1.65 bits per heavy atom. The quantitative estimate of drug-likeness (QED) is 0.764. The molecule has 1 aromatic rings. The van der Waals surface area contributed by atoms with Crippen molar-refractivity contribution in [1.82, 2.24) is 9.21 Å². The van der Waals surface area contributed by atoms with Gasteiger partial charge in [-0.15, -0.1) is 0 Å². The summed E-state index contributed by atoms with van der Waals surface area (Å²) in [6, 6.07) is 5.75. The van der Waals surface area contributed by atoms with Gasteiger partial charge in [0.1, 0.15) is 0 Å². The van der Waals surface area contributed by atoms with Crippen molar-refractivity contribution in [2.24, 2.45) is 0 Å². The molecule has 0 bridgehead atoms. The number of carbonyl (C=O) groups is 1. The van der Waals surface area contributed by atoms with Crippen LogP contribution in [0.2, 0.25) is 0 Å². The molecule has 0 amide bonds. The molecule has 2 rings (SSSR count). The molecule has 0 saturated carbocycles. The van der Waals surface area contributed by atoms with Crippen molar-refractivity contribution in [2.75, 3.05) is 32.7 Å². The number of carbonyl (C=O) groups excluding carboxylic acids is 1. The Kier molecular flexibility index (Phi) is 5.17. The van der Waals surface area contributed by atoms with Gasteiger partial charge in [0.15, 0.2) is 5.78 Å². The van der Waals surface area contributed by atoms with E-state index in [0.29, 0.717) is 5.56 Å². The first-order chi connectivity index (χ1) is 10.6. The van der Waals surface area contributed by atoms with Gasteiger partial charge in [0.2, 0.25) is 10.0 Å². The number of piperazine rings is 1. The molecule has 0 aromatic heterocycles. The summed E-state index contributed by atoms with van der Waals surface area (Å²) in [5.41, 5.74) is 0.443. The molecule has 8 heteroatoms. The van der Waals surface area contributed by atoms with Gasteiger partial charge in [-0.3, -0.25) is 9.69 Å².